The molecule has 0 aliphatic carbocycles. The summed E-state index contributed by atoms with van der Waals surface area (Å²) in [7, 11) is 3.31. The predicted molar refractivity (Wildman–Crippen MR) is 119 cm³/mol. The molecule has 2 N–H and O–H groups in total. The Labute approximate surface area is 190 Å². The van der Waals surface area contributed by atoms with Crippen molar-refractivity contribution in [1.82, 2.24) is 14.7 Å². The Hall–Kier alpha value is -3.63. The van der Waals surface area contributed by atoms with Crippen molar-refractivity contribution in [2.45, 2.75) is 6.10 Å². The zero-order valence-corrected chi connectivity index (χ0v) is 18.5. The molecule has 0 spiro atoms. The number of fused-ring (bicyclic) bond motifs is 1. The van der Waals surface area contributed by atoms with Crippen molar-refractivity contribution >= 4 is 22.7 Å². The van der Waals surface area contributed by atoms with Crippen LogP contribution >= 0.6 is 0 Å². The minimum atomic E-state index is -0.576. The SMILES string of the molecule is COCC(=O)N1CC(OCCOc2ccc(Oc3cc4c(cnn4C)cc3C(N)=O)cc2)C1. The number of carbonyl (C=O) groups is 2. The van der Waals surface area contributed by atoms with Crippen LogP contribution in [0.3, 0.4) is 0 Å². The third-order valence-corrected chi connectivity index (χ3v) is 5.34. The fourth-order valence-corrected chi connectivity index (χ4v) is 3.52. The smallest absolute Gasteiger partial charge is 0.252 e. The molecule has 1 fully saturated rings. The molecule has 0 saturated carbocycles. The number of aryl methyl sites for hydroxylation is 1. The van der Waals surface area contributed by atoms with E-state index in [1.54, 1.807) is 52.2 Å². The molecular weight excluding hydrogens is 428 g/mol. The van der Waals surface area contributed by atoms with Gasteiger partial charge in [-0.05, 0) is 30.3 Å². The minimum Gasteiger partial charge on any atom is -0.491 e. The molecule has 1 saturated heterocycles. The highest BCUT2D eigenvalue weighted by molar-refractivity contribution is 6.00. The van der Waals surface area contributed by atoms with Crippen LogP contribution in [0.1, 0.15) is 10.4 Å². The van der Waals surface area contributed by atoms with Crippen LogP contribution in [-0.4, -0.2) is 72.6 Å². The first-order valence-electron chi connectivity index (χ1n) is 10.5. The molecule has 1 aromatic heterocycles. The van der Waals surface area contributed by atoms with Crippen LogP contribution in [0.15, 0.2) is 42.6 Å². The van der Waals surface area contributed by atoms with Crippen LogP contribution in [0.2, 0.25) is 0 Å². The van der Waals surface area contributed by atoms with E-state index in [-0.39, 0.29) is 24.2 Å². The van der Waals surface area contributed by atoms with E-state index in [0.29, 0.717) is 43.6 Å². The highest BCUT2D eigenvalue weighted by Gasteiger charge is 2.30. The maximum Gasteiger partial charge on any atom is 0.252 e. The summed E-state index contributed by atoms with van der Waals surface area (Å²) in [5, 5.41) is 5.00. The summed E-state index contributed by atoms with van der Waals surface area (Å²) in [4.78, 5) is 25.2. The van der Waals surface area contributed by atoms with Gasteiger partial charge in [-0.25, -0.2) is 0 Å². The van der Waals surface area contributed by atoms with Gasteiger partial charge in [-0.1, -0.05) is 0 Å². The number of methoxy groups -OCH3 is 1. The van der Waals surface area contributed by atoms with Crippen molar-refractivity contribution in [3.05, 3.63) is 48.2 Å². The van der Waals surface area contributed by atoms with Gasteiger partial charge < -0.3 is 29.6 Å². The summed E-state index contributed by atoms with van der Waals surface area (Å²) >= 11 is 0. The van der Waals surface area contributed by atoms with Gasteiger partial charge in [-0.3, -0.25) is 14.3 Å². The van der Waals surface area contributed by atoms with Crippen molar-refractivity contribution in [1.29, 1.82) is 0 Å². The van der Waals surface area contributed by atoms with Crippen LogP contribution < -0.4 is 15.2 Å². The lowest BCUT2D eigenvalue weighted by Crippen LogP contribution is -2.55. The molecule has 10 nitrogen and oxygen atoms in total. The number of nitrogens with two attached hydrogens (primary N) is 1. The maximum absolute atomic E-state index is 11.9. The van der Waals surface area contributed by atoms with Gasteiger partial charge >= 0.3 is 0 Å². The molecule has 0 unspecified atom stereocenters. The molecule has 0 atom stereocenters. The van der Waals surface area contributed by atoms with E-state index >= 15 is 0 Å². The second-order valence-corrected chi connectivity index (χ2v) is 7.69. The van der Waals surface area contributed by atoms with Gasteiger partial charge in [-0.15, -0.1) is 0 Å². The molecule has 1 aliphatic rings. The van der Waals surface area contributed by atoms with Crippen LogP contribution in [-0.2, 0) is 21.3 Å². The van der Waals surface area contributed by atoms with Gasteiger partial charge in [0.05, 0.1) is 30.0 Å². The fraction of sp³-hybridized carbons (Fsp3) is 0.348. The van der Waals surface area contributed by atoms with Gasteiger partial charge in [0.2, 0.25) is 5.91 Å². The topological polar surface area (TPSA) is 118 Å². The summed E-state index contributed by atoms with van der Waals surface area (Å²) in [6.07, 6.45) is 1.70. The summed E-state index contributed by atoms with van der Waals surface area (Å²) in [6.45, 7) is 2.04. The van der Waals surface area contributed by atoms with Gasteiger partial charge in [0.15, 0.2) is 0 Å². The number of hydrogen-bond acceptors (Lipinski definition) is 7. The minimum absolute atomic E-state index is 0.0286. The number of benzene rings is 2. The highest BCUT2D eigenvalue weighted by atomic mass is 16.5. The first kappa shape index (κ1) is 22.6. The maximum atomic E-state index is 11.9. The normalized spacial score (nSPS) is 13.7. The molecule has 3 aromatic rings. The van der Waals surface area contributed by atoms with Crippen LogP contribution in [0, 0.1) is 0 Å². The number of likely N-dealkylation sites (tertiary alicyclic amines) is 1. The molecule has 2 aromatic carbocycles. The molecule has 174 valence electrons. The first-order chi connectivity index (χ1) is 15.9. The monoisotopic (exact) mass is 454 g/mol. The summed E-state index contributed by atoms with van der Waals surface area (Å²) < 4.78 is 23.9. The third kappa shape index (κ3) is 5.24. The molecule has 0 radical (unpaired) electrons. The number of primary amides is 1. The zero-order valence-electron chi connectivity index (χ0n) is 18.5. The van der Waals surface area contributed by atoms with Crippen LogP contribution in [0.4, 0.5) is 0 Å². The zero-order chi connectivity index (χ0) is 23.4. The van der Waals surface area contributed by atoms with E-state index in [4.69, 9.17) is 24.7 Å². The third-order valence-electron chi connectivity index (χ3n) is 5.34. The van der Waals surface area contributed by atoms with Crippen molar-refractivity contribution in [3.63, 3.8) is 0 Å². The van der Waals surface area contributed by atoms with E-state index in [9.17, 15) is 9.59 Å². The number of amides is 2. The Morgan fingerprint density at radius 3 is 2.55 bits per heavy atom. The Bertz CT molecular complexity index is 1140. The summed E-state index contributed by atoms with van der Waals surface area (Å²) in [5.74, 6) is 0.957. The lowest BCUT2D eigenvalue weighted by atomic mass is 10.1. The summed E-state index contributed by atoms with van der Waals surface area (Å²) in [5.41, 5.74) is 6.64. The number of carbonyl (C=O) groups excluding carboxylic acids is 2. The van der Waals surface area contributed by atoms with Gasteiger partial charge in [0.25, 0.3) is 5.91 Å². The van der Waals surface area contributed by atoms with Gasteiger partial charge in [-0.2, -0.15) is 5.10 Å². The number of ether oxygens (including phenoxy) is 4. The first-order valence-corrected chi connectivity index (χ1v) is 10.5. The molecule has 33 heavy (non-hydrogen) atoms. The molecule has 0 bridgehead atoms. The number of hydrogen-bond donors (Lipinski definition) is 1. The number of aromatic nitrogens is 2. The van der Waals surface area contributed by atoms with E-state index < -0.39 is 5.91 Å². The van der Waals surface area contributed by atoms with Crippen LogP contribution in [0.25, 0.3) is 10.9 Å². The molecule has 1 aliphatic heterocycles. The Kier molecular flexibility index (Phi) is 6.76. The quantitative estimate of drug-likeness (QED) is 0.464. The van der Waals surface area contributed by atoms with Gasteiger partial charge in [0, 0.05) is 38.7 Å². The lowest BCUT2D eigenvalue weighted by Gasteiger charge is -2.38. The number of rotatable bonds is 10. The fourth-order valence-electron chi connectivity index (χ4n) is 3.52. The standard InChI is InChI=1S/C23H26N4O6/c1-26-20-10-21(19(23(24)29)9-15(20)11-25-26)33-17-5-3-16(4-6-17)31-7-8-32-18-12-27(13-18)22(28)14-30-2/h3-6,9-11,18H,7-8,12-14H2,1-2H3,(H2,24,29). The summed E-state index contributed by atoms with van der Waals surface area (Å²) in [6, 6.07) is 10.5. The second-order valence-electron chi connectivity index (χ2n) is 7.69. The van der Waals surface area contributed by atoms with E-state index in [1.165, 1.54) is 7.11 Å². The van der Waals surface area contributed by atoms with Crippen molar-refractivity contribution < 1.29 is 28.5 Å². The highest BCUT2D eigenvalue weighted by Crippen LogP contribution is 2.30. The Morgan fingerprint density at radius 1 is 1.12 bits per heavy atom. The van der Waals surface area contributed by atoms with Crippen LogP contribution in [0.5, 0.6) is 17.2 Å². The molecule has 2 heterocycles. The van der Waals surface area contributed by atoms with Gasteiger partial charge in [0.1, 0.15) is 30.5 Å². The molecule has 4 rings (SSSR count). The molecule has 2 amide bonds. The molecule has 10 heteroatoms. The van der Waals surface area contributed by atoms with E-state index in [2.05, 4.69) is 5.10 Å². The second kappa shape index (κ2) is 9.88. The van der Waals surface area contributed by atoms with E-state index in [1.807, 2.05) is 7.05 Å². The predicted octanol–water partition coefficient (Wildman–Crippen LogP) is 1.72. The largest absolute Gasteiger partial charge is 0.491 e. The Balaban J connectivity index is 1.27. The van der Waals surface area contributed by atoms with Crippen molar-refractivity contribution in [2.24, 2.45) is 12.8 Å². The van der Waals surface area contributed by atoms with Crippen molar-refractivity contribution in [3.8, 4) is 17.2 Å². The van der Waals surface area contributed by atoms with E-state index in [0.717, 1.165) is 10.9 Å². The Morgan fingerprint density at radius 2 is 1.85 bits per heavy atom. The average molecular weight is 454 g/mol. The van der Waals surface area contributed by atoms with Crippen molar-refractivity contribution in [2.75, 3.05) is 40.0 Å². The number of nitrogens with zero attached hydrogens (tertiary/aromatic N) is 3. The average Bonchev–Trinajstić information content (AvgIpc) is 3.12. The molecular formula is C23H26N4O6. The lowest BCUT2D eigenvalue weighted by molar-refractivity contribution is -0.149.